The summed E-state index contributed by atoms with van der Waals surface area (Å²) in [6.07, 6.45) is -0.328. The van der Waals surface area contributed by atoms with Gasteiger partial charge in [-0.1, -0.05) is 6.92 Å². The first-order chi connectivity index (χ1) is 4.76. The van der Waals surface area contributed by atoms with E-state index < -0.39 is 12.2 Å². The first-order valence-corrected chi connectivity index (χ1v) is 3.66. The zero-order chi connectivity index (χ0) is 7.98. The van der Waals surface area contributed by atoms with Gasteiger partial charge in [0.1, 0.15) is 6.10 Å². The topological polar surface area (TPSA) is 49.7 Å². The van der Waals surface area contributed by atoms with E-state index in [0.717, 1.165) is 0 Å². The van der Waals surface area contributed by atoms with Gasteiger partial charge in [-0.25, -0.2) is 0 Å². The van der Waals surface area contributed by atoms with Gasteiger partial charge in [0.15, 0.2) is 0 Å². The van der Waals surface area contributed by atoms with E-state index in [-0.39, 0.29) is 6.61 Å². The summed E-state index contributed by atoms with van der Waals surface area (Å²) in [6.45, 7) is 4.11. The van der Waals surface area contributed by atoms with Crippen LogP contribution in [0, 0.1) is 0 Å². The lowest BCUT2D eigenvalue weighted by Gasteiger charge is -2.18. The molecule has 0 saturated carbocycles. The molecule has 0 aromatic rings. The van der Waals surface area contributed by atoms with Crippen LogP contribution in [0.25, 0.3) is 0 Å². The summed E-state index contributed by atoms with van der Waals surface area (Å²) in [4.78, 5) is 0. The molecule has 2 unspecified atom stereocenters. The molecule has 0 aromatic heterocycles. The minimum atomic E-state index is -0.537. The maximum atomic E-state index is 9.16. The highest BCUT2D eigenvalue weighted by molar-refractivity contribution is 4.65. The lowest BCUT2D eigenvalue weighted by atomic mass is 10.2. The largest absolute Gasteiger partial charge is 0.394 e. The molecule has 2 N–H and O–H groups in total. The van der Waals surface area contributed by atoms with Gasteiger partial charge in [0.05, 0.1) is 12.7 Å². The van der Waals surface area contributed by atoms with Crippen molar-refractivity contribution >= 4 is 0 Å². The molecule has 2 atom stereocenters. The van der Waals surface area contributed by atoms with Crippen LogP contribution in [0.5, 0.6) is 0 Å². The average Bonchev–Trinajstić information content (AvgIpc) is 1.99. The second-order valence-electron chi connectivity index (χ2n) is 2.15. The number of ether oxygens (including phenoxy) is 1. The molecule has 0 fully saturated rings. The molecule has 62 valence electrons. The van der Waals surface area contributed by atoms with Crippen molar-refractivity contribution in [2.45, 2.75) is 32.5 Å². The summed E-state index contributed by atoms with van der Waals surface area (Å²) in [5, 5.41) is 17.8. The summed E-state index contributed by atoms with van der Waals surface area (Å²) in [6, 6.07) is 0. The fourth-order valence-corrected chi connectivity index (χ4v) is 0.762. The van der Waals surface area contributed by atoms with Crippen molar-refractivity contribution < 1.29 is 14.9 Å². The van der Waals surface area contributed by atoms with Crippen molar-refractivity contribution in [1.82, 2.24) is 0 Å². The Morgan fingerprint density at radius 2 is 2.00 bits per heavy atom. The standard InChI is InChI=1S/C7H16O3/c1-3-6(9)7(5-8)10-4-2/h6-9H,3-5H2,1-2H3. The van der Waals surface area contributed by atoms with Gasteiger partial charge in [-0.15, -0.1) is 0 Å². The van der Waals surface area contributed by atoms with Crippen LogP contribution in [-0.4, -0.2) is 35.6 Å². The van der Waals surface area contributed by atoms with E-state index in [1.807, 2.05) is 13.8 Å². The lowest BCUT2D eigenvalue weighted by molar-refractivity contribution is -0.0597. The van der Waals surface area contributed by atoms with E-state index in [9.17, 15) is 0 Å². The number of hydrogen-bond acceptors (Lipinski definition) is 3. The van der Waals surface area contributed by atoms with Crippen molar-refractivity contribution in [3.05, 3.63) is 0 Å². The molecule has 0 aliphatic heterocycles. The van der Waals surface area contributed by atoms with Crippen molar-refractivity contribution in [2.75, 3.05) is 13.2 Å². The van der Waals surface area contributed by atoms with Crippen LogP contribution in [0.3, 0.4) is 0 Å². The first kappa shape index (κ1) is 9.88. The Balaban J connectivity index is 3.56. The predicted octanol–water partition coefficient (Wildman–Crippen LogP) is 0.155. The molecule has 0 rings (SSSR count). The van der Waals surface area contributed by atoms with E-state index in [0.29, 0.717) is 13.0 Å². The maximum Gasteiger partial charge on any atom is 0.106 e. The second kappa shape index (κ2) is 5.65. The van der Waals surface area contributed by atoms with Gasteiger partial charge in [-0.2, -0.15) is 0 Å². The van der Waals surface area contributed by atoms with Crippen LogP contribution in [0.15, 0.2) is 0 Å². The van der Waals surface area contributed by atoms with E-state index in [1.165, 1.54) is 0 Å². The monoisotopic (exact) mass is 148 g/mol. The van der Waals surface area contributed by atoms with Crippen LogP contribution in [0.2, 0.25) is 0 Å². The molecule has 0 amide bonds. The molecule has 0 spiro atoms. The number of aliphatic hydroxyl groups excluding tert-OH is 2. The Bertz CT molecular complexity index is 75.3. The third kappa shape index (κ3) is 3.15. The van der Waals surface area contributed by atoms with Gasteiger partial charge >= 0.3 is 0 Å². The Morgan fingerprint density at radius 3 is 2.30 bits per heavy atom. The molecule has 0 bridgehead atoms. The summed E-state index contributed by atoms with van der Waals surface area (Å²) in [5.41, 5.74) is 0. The Kier molecular flexibility index (Phi) is 5.58. The third-order valence-electron chi connectivity index (χ3n) is 1.41. The second-order valence-corrected chi connectivity index (χ2v) is 2.15. The average molecular weight is 148 g/mol. The SMILES string of the molecule is CCOC(CO)C(O)CC. The number of hydrogen-bond donors (Lipinski definition) is 2. The van der Waals surface area contributed by atoms with Crippen molar-refractivity contribution in [2.24, 2.45) is 0 Å². The molecule has 10 heavy (non-hydrogen) atoms. The zero-order valence-corrected chi connectivity index (χ0v) is 6.58. The van der Waals surface area contributed by atoms with Crippen LogP contribution < -0.4 is 0 Å². The zero-order valence-electron chi connectivity index (χ0n) is 6.58. The Hall–Kier alpha value is -0.120. The van der Waals surface area contributed by atoms with Crippen molar-refractivity contribution in [1.29, 1.82) is 0 Å². The predicted molar refractivity (Wildman–Crippen MR) is 38.8 cm³/mol. The molecule has 3 heteroatoms. The molecule has 0 saturated heterocycles. The Morgan fingerprint density at radius 1 is 1.40 bits per heavy atom. The van der Waals surface area contributed by atoms with E-state index in [2.05, 4.69) is 0 Å². The fourth-order valence-electron chi connectivity index (χ4n) is 0.762. The minimum Gasteiger partial charge on any atom is -0.394 e. The van der Waals surface area contributed by atoms with Crippen LogP contribution >= 0.6 is 0 Å². The summed E-state index contributed by atoms with van der Waals surface area (Å²) < 4.78 is 5.04. The van der Waals surface area contributed by atoms with Crippen LogP contribution in [0.4, 0.5) is 0 Å². The van der Waals surface area contributed by atoms with Gasteiger partial charge in [-0.05, 0) is 13.3 Å². The lowest BCUT2D eigenvalue weighted by Crippen LogP contribution is -2.31. The molecule has 0 aliphatic rings. The van der Waals surface area contributed by atoms with Gasteiger partial charge in [-0.3, -0.25) is 0 Å². The molecular formula is C7H16O3. The number of aliphatic hydroxyl groups is 2. The van der Waals surface area contributed by atoms with Crippen LogP contribution in [0.1, 0.15) is 20.3 Å². The maximum absolute atomic E-state index is 9.16. The summed E-state index contributed by atoms with van der Waals surface area (Å²) in [5.74, 6) is 0. The highest BCUT2D eigenvalue weighted by Gasteiger charge is 2.15. The van der Waals surface area contributed by atoms with Crippen molar-refractivity contribution in [3.8, 4) is 0 Å². The van der Waals surface area contributed by atoms with Crippen LogP contribution in [-0.2, 0) is 4.74 Å². The highest BCUT2D eigenvalue weighted by atomic mass is 16.5. The highest BCUT2D eigenvalue weighted by Crippen LogP contribution is 2.01. The van der Waals surface area contributed by atoms with E-state index >= 15 is 0 Å². The van der Waals surface area contributed by atoms with E-state index in [4.69, 9.17) is 14.9 Å². The molecular weight excluding hydrogens is 132 g/mol. The normalized spacial score (nSPS) is 16.8. The smallest absolute Gasteiger partial charge is 0.106 e. The van der Waals surface area contributed by atoms with Gasteiger partial charge in [0, 0.05) is 6.61 Å². The Labute approximate surface area is 61.6 Å². The first-order valence-electron chi connectivity index (χ1n) is 3.66. The summed E-state index contributed by atoms with van der Waals surface area (Å²) in [7, 11) is 0. The molecule has 3 nitrogen and oxygen atoms in total. The molecule has 0 aromatic carbocycles. The molecule has 0 heterocycles. The molecule has 0 aliphatic carbocycles. The van der Waals surface area contributed by atoms with Crippen molar-refractivity contribution in [3.63, 3.8) is 0 Å². The third-order valence-corrected chi connectivity index (χ3v) is 1.41. The van der Waals surface area contributed by atoms with Gasteiger partial charge in [0.2, 0.25) is 0 Å². The minimum absolute atomic E-state index is 0.108. The summed E-state index contributed by atoms with van der Waals surface area (Å²) >= 11 is 0. The fraction of sp³-hybridized carbons (Fsp3) is 1.00. The molecule has 0 radical (unpaired) electrons. The van der Waals surface area contributed by atoms with E-state index in [1.54, 1.807) is 0 Å². The number of rotatable bonds is 5. The quantitative estimate of drug-likeness (QED) is 0.583. The van der Waals surface area contributed by atoms with Gasteiger partial charge < -0.3 is 14.9 Å². The van der Waals surface area contributed by atoms with Gasteiger partial charge in [0.25, 0.3) is 0 Å².